The number of carbonyl (C=O) groups excluding carboxylic acids is 1. The van der Waals surface area contributed by atoms with Crippen molar-refractivity contribution >= 4 is 5.91 Å². The van der Waals surface area contributed by atoms with Gasteiger partial charge in [0.05, 0.1) is 6.10 Å². The van der Waals surface area contributed by atoms with Crippen LogP contribution in [0.5, 0.6) is 0 Å². The molecule has 1 saturated carbocycles. The van der Waals surface area contributed by atoms with Gasteiger partial charge < -0.3 is 15.0 Å². The fourth-order valence-electron chi connectivity index (χ4n) is 3.19. The Hall–Kier alpha value is -1.29. The van der Waals surface area contributed by atoms with Gasteiger partial charge in [-0.3, -0.25) is 4.79 Å². The summed E-state index contributed by atoms with van der Waals surface area (Å²) in [6.45, 7) is 6.28. The lowest BCUT2D eigenvalue weighted by atomic mass is 9.75. The smallest absolute Gasteiger partial charge is 0.242 e. The summed E-state index contributed by atoms with van der Waals surface area (Å²) in [6, 6.07) is 2.15. The average Bonchev–Trinajstić information content (AvgIpc) is 3.05. The molecule has 2 unspecified atom stereocenters. The van der Waals surface area contributed by atoms with Crippen molar-refractivity contribution in [3.05, 3.63) is 23.5 Å². The molecule has 2 aliphatic rings. The van der Waals surface area contributed by atoms with Gasteiger partial charge in [0.25, 0.3) is 0 Å². The second-order valence-electron chi connectivity index (χ2n) is 7.14. The molecule has 4 heteroatoms. The molecule has 1 aromatic rings. The summed E-state index contributed by atoms with van der Waals surface area (Å²) in [6.07, 6.45) is 5.45. The van der Waals surface area contributed by atoms with Crippen LogP contribution in [-0.4, -0.2) is 21.6 Å². The standard InChI is InChI=1S/C16H24N2O2/c1-10(15(20)17-11-4-5-11)18-7-6-12-13(18)8-16(2,3)9-14(12)19/h6-7,10-11,14,19H,4-5,8-9H2,1-3H3,(H,17,20). The molecule has 1 heterocycles. The first-order chi connectivity index (χ1) is 9.37. The zero-order valence-electron chi connectivity index (χ0n) is 12.5. The molecule has 1 amide bonds. The molecule has 0 aromatic carbocycles. The van der Waals surface area contributed by atoms with E-state index < -0.39 is 6.10 Å². The third-order valence-electron chi connectivity index (χ3n) is 4.53. The van der Waals surface area contributed by atoms with Crippen LogP contribution >= 0.6 is 0 Å². The minimum absolute atomic E-state index is 0.0786. The maximum atomic E-state index is 12.2. The van der Waals surface area contributed by atoms with Crippen LogP contribution in [0.15, 0.2) is 12.3 Å². The zero-order valence-corrected chi connectivity index (χ0v) is 12.5. The van der Waals surface area contributed by atoms with Crippen LogP contribution in [0, 0.1) is 5.41 Å². The first-order valence-electron chi connectivity index (χ1n) is 7.55. The Morgan fingerprint density at radius 2 is 2.20 bits per heavy atom. The van der Waals surface area contributed by atoms with E-state index in [1.165, 1.54) is 0 Å². The molecular formula is C16H24N2O2. The van der Waals surface area contributed by atoms with Crippen LogP contribution in [-0.2, 0) is 11.2 Å². The molecule has 2 atom stereocenters. The molecule has 20 heavy (non-hydrogen) atoms. The normalized spacial score (nSPS) is 25.9. The summed E-state index contributed by atoms with van der Waals surface area (Å²) in [7, 11) is 0. The van der Waals surface area contributed by atoms with Crippen molar-refractivity contribution in [1.82, 2.24) is 9.88 Å². The summed E-state index contributed by atoms with van der Waals surface area (Å²) in [5, 5.41) is 13.3. The predicted molar refractivity (Wildman–Crippen MR) is 77.4 cm³/mol. The SMILES string of the molecule is CC(C(=O)NC1CC1)n1ccc2c1CC(C)(C)CC2O. The van der Waals surface area contributed by atoms with Crippen LogP contribution < -0.4 is 5.32 Å². The number of aromatic nitrogens is 1. The molecule has 2 aliphatic carbocycles. The quantitative estimate of drug-likeness (QED) is 0.890. The van der Waals surface area contributed by atoms with Gasteiger partial charge >= 0.3 is 0 Å². The Bertz CT molecular complexity index is 529. The third kappa shape index (κ3) is 2.49. The molecule has 0 spiro atoms. The molecule has 2 N–H and O–H groups in total. The minimum Gasteiger partial charge on any atom is -0.388 e. The van der Waals surface area contributed by atoms with Gasteiger partial charge in [0, 0.05) is 23.5 Å². The highest BCUT2D eigenvalue weighted by Gasteiger charge is 2.35. The van der Waals surface area contributed by atoms with Crippen molar-refractivity contribution in [2.75, 3.05) is 0 Å². The van der Waals surface area contributed by atoms with Gasteiger partial charge in [-0.2, -0.15) is 0 Å². The fraction of sp³-hybridized carbons (Fsp3) is 0.688. The number of carbonyl (C=O) groups is 1. The first kappa shape index (κ1) is 13.7. The summed E-state index contributed by atoms with van der Waals surface area (Å²) >= 11 is 0. The molecule has 0 radical (unpaired) electrons. The maximum Gasteiger partial charge on any atom is 0.242 e. The average molecular weight is 276 g/mol. The summed E-state index contributed by atoms with van der Waals surface area (Å²) in [5.74, 6) is 0.0868. The predicted octanol–water partition coefficient (Wildman–Crippen LogP) is 2.33. The Balaban J connectivity index is 1.85. The fourth-order valence-corrected chi connectivity index (χ4v) is 3.19. The maximum absolute atomic E-state index is 12.2. The van der Waals surface area contributed by atoms with Crippen molar-refractivity contribution in [2.45, 2.75) is 64.6 Å². The van der Waals surface area contributed by atoms with Crippen LogP contribution in [0.4, 0.5) is 0 Å². The number of aliphatic hydroxyl groups excluding tert-OH is 1. The van der Waals surface area contributed by atoms with Crippen molar-refractivity contribution in [2.24, 2.45) is 5.41 Å². The van der Waals surface area contributed by atoms with E-state index in [4.69, 9.17) is 0 Å². The number of aliphatic hydroxyl groups is 1. The summed E-state index contributed by atoms with van der Waals surface area (Å²) in [4.78, 5) is 12.2. The van der Waals surface area contributed by atoms with Crippen LogP contribution in [0.1, 0.15) is 63.4 Å². The van der Waals surface area contributed by atoms with E-state index in [1.54, 1.807) is 0 Å². The Morgan fingerprint density at radius 1 is 1.50 bits per heavy atom. The number of hydrogen-bond donors (Lipinski definition) is 2. The summed E-state index contributed by atoms with van der Waals surface area (Å²) < 4.78 is 2.04. The third-order valence-corrected chi connectivity index (χ3v) is 4.53. The lowest BCUT2D eigenvalue weighted by molar-refractivity contribution is -0.124. The lowest BCUT2D eigenvalue weighted by Crippen LogP contribution is -2.34. The lowest BCUT2D eigenvalue weighted by Gasteiger charge is -2.34. The largest absolute Gasteiger partial charge is 0.388 e. The van der Waals surface area contributed by atoms with E-state index >= 15 is 0 Å². The van der Waals surface area contributed by atoms with E-state index in [1.807, 2.05) is 23.8 Å². The zero-order chi connectivity index (χ0) is 14.5. The monoisotopic (exact) mass is 276 g/mol. The molecule has 0 aliphatic heterocycles. The number of nitrogens with one attached hydrogen (secondary N) is 1. The van der Waals surface area contributed by atoms with E-state index in [-0.39, 0.29) is 17.4 Å². The van der Waals surface area contributed by atoms with Gasteiger partial charge in [-0.1, -0.05) is 13.8 Å². The van der Waals surface area contributed by atoms with E-state index in [0.29, 0.717) is 6.04 Å². The highest BCUT2D eigenvalue weighted by atomic mass is 16.3. The van der Waals surface area contributed by atoms with Crippen molar-refractivity contribution < 1.29 is 9.90 Å². The van der Waals surface area contributed by atoms with E-state index in [9.17, 15) is 9.90 Å². The van der Waals surface area contributed by atoms with Crippen LogP contribution in [0.25, 0.3) is 0 Å². The Kier molecular flexibility index (Phi) is 3.16. The Morgan fingerprint density at radius 3 is 2.85 bits per heavy atom. The van der Waals surface area contributed by atoms with Crippen LogP contribution in [0.2, 0.25) is 0 Å². The van der Waals surface area contributed by atoms with Gasteiger partial charge in [-0.15, -0.1) is 0 Å². The Labute approximate surface area is 120 Å². The number of nitrogens with zero attached hydrogens (tertiary/aromatic N) is 1. The van der Waals surface area contributed by atoms with Crippen LogP contribution in [0.3, 0.4) is 0 Å². The number of hydrogen-bond acceptors (Lipinski definition) is 2. The molecule has 1 aromatic heterocycles. The van der Waals surface area contributed by atoms with Gasteiger partial charge in [0.2, 0.25) is 5.91 Å². The molecular weight excluding hydrogens is 252 g/mol. The molecule has 1 fully saturated rings. The van der Waals surface area contributed by atoms with Gasteiger partial charge in [0.15, 0.2) is 0 Å². The van der Waals surface area contributed by atoms with Crippen molar-refractivity contribution in [1.29, 1.82) is 0 Å². The molecule has 4 nitrogen and oxygen atoms in total. The van der Waals surface area contributed by atoms with E-state index in [0.717, 1.165) is 36.9 Å². The highest BCUT2D eigenvalue weighted by Crippen LogP contribution is 2.41. The second-order valence-corrected chi connectivity index (χ2v) is 7.14. The minimum atomic E-state index is -0.409. The molecule has 0 bridgehead atoms. The first-order valence-corrected chi connectivity index (χ1v) is 7.55. The van der Waals surface area contributed by atoms with Crippen molar-refractivity contribution in [3.63, 3.8) is 0 Å². The van der Waals surface area contributed by atoms with Crippen molar-refractivity contribution in [3.8, 4) is 0 Å². The topological polar surface area (TPSA) is 54.3 Å². The molecule has 3 rings (SSSR count). The van der Waals surface area contributed by atoms with Gasteiger partial charge in [-0.05, 0) is 44.1 Å². The van der Waals surface area contributed by atoms with Gasteiger partial charge in [-0.25, -0.2) is 0 Å². The molecule has 110 valence electrons. The van der Waals surface area contributed by atoms with E-state index in [2.05, 4.69) is 19.2 Å². The van der Waals surface area contributed by atoms with Gasteiger partial charge in [0.1, 0.15) is 6.04 Å². The number of amides is 1. The summed E-state index contributed by atoms with van der Waals surface area (Å²) in [5.41, 5.74) is 2.19. The molecule has 0 saturated heterocycles. The second kappa shape index (κ2) is 4.62. The number of fused-ring (bicyclic) bond motifs is 1. The highest BCUT2D eigenvalue weighted by molar-refractivity contribution is 5.80. The number of rotatable bonds is 3.